The minimum atomic E-state index is -0.747. The number of hydrogen-bond donors (Lipinski definition) is 4. The molecular weight excluding hydrogens is 471 g/mol. The quantitative estimate of drug-likeness (QED) is 0.400. The third kappa shape index (κ3) is 5.78. The van der Waals surface area contributed by atoms with Crippen LogP contribution in [0.3, 0.4) is 0 Å². The van der Waals surface area contributed by atoms with Crippen molar-refractivity contribution < 1.29 is 19.4 Å². The Morgan fingerprint density at radius 2 is 2.03 bits per heavy atom. The van der Waals surface area contributed by atoms with Crippen molar-refractivity contribution in [3.05, 3.63) is 76.3 Å². The molecule has 0 saturated heterocycles. The van der Waals surface area contributed by atoms with Gasteiger partial charge in [-0.15, -0.1) is 0 Å². The van der Waals surface area contributed by atoms with Crippen LogP contribution in [0.2, 0.25) is 5.02 Å². The molecule has 1 aliphatic carbocycles. The lowest BCUT2D eigenvalue weighted by Crippen LogP contribution is -2.31. The summed E-state index contributed by atoms with van der Waals surface area (Å²) in [7, 11) is 0. The van der Waals surface area contributed by atoms with E-state index in [1.807, 2.05) is 6.92 Å². The summed E-state index contributed by atoms with van der Waals surface area (Å²) < 4.78 is 15.0. The highest BCUT2D eigenvalue weighted by Crippen LogP contribution is 2.38. The van der Waals surface area contributed by atoms with Crippen molar-refractivity contribution in [3.8, 4) is 11.3 Å². The standard InChI is InChI=1S/C26H28ClFN4O3/c1-26(35)9-7-15(8-10-26)21-13-30-24(29)23(31-21)17-5-6-19(20(28)12-17)25(34)32-22(14-33)16-3-2-4-18(27)11-16/h2-6,11-13,15,22,33,35H,7-10,14H2,1H3,(H2,29,30)(H,32,34). The van der Waals surface area contributed by atoms with Gasteiger partial charge in [0.2, 0.25) is 0 Å². The molecule has 1 atom stereocenters. The number of aromatic nitrogens is 2. The van der Waals surface area contributed by atoms with E-state index >= 15 is 4.39 Å². The number of nitrogens with one attached hydrogen (secondary N) is 1. The molecule has 5 N–H and O–H groups in total. The number of aliphatic hydroxyl groups is 2. The molecule has 184 valence electrons. The van der Waals surface area contributed by atoms with Gasteiger partial charge in [-0.25, -0.2) is 14.4 Å². The van der Waals surface area contributed by atoms with Crippen LogP contribution in [-0.2, 0) is 0 Å². The maximum Gasteiger partial charge on any atom is 0.254 e. The summed E-state index contributed by atoms with van der Waals surface area (Å²) in [5.74, 6) is -1.12. The van der Waals surface area contributed by atoms with Gasteiger partial charge in [-0.1, -0.05) is 29.8 Å². The maximum absolute atomic E-state index is 15.0. The second-order valence-electron chi connectivity index (χ2n) is 9.26. The fourth-order valence-electron chi connectivity index (χ4n) is 4.40. The molecule has 4 rings (SSSR count). The Labute approximate surface area is 208 Å². The number of carbonyl (C=O) groups excluding carboxylic acids is 1. The summed E-state index contributed by atoms with van der Waals surface area (Å²) in [6.07, 6.45) is 4.52. The zero-order valence-electron chi connectivity index (χ0n) is 19.3. The van der Waals surface area contributed by atoms with Crippen LogP contribution in [0.4, 0.5) is 10.2 Å². The Balaban J connectivity index is 1.54. The number of carbonyl (C=O) groups is 1. The summed E-state index contributed by atoms with van der Waals surface area (Å²) in [5, 5.41) is 23.0. The topological polar surface area (TPSA) is 121 Å². The van der Waals surface area contributed by atoms with Crippen molar-refractivity contribution in [1.82, 2.24) is 15.3 Å². The number of nitrogens with two attached hydrogens (primary N) is 1. The number of amides is 1. The average Bonchev–Trinajstić information content (AvgIpc) is 2.82. The van der Waals surface area contributed by atoms with Gasteiger partial charge in [-0.2, -0.15) is 0 Å². The molecule has 0 spiro atoms. The van der Waals surface area contributed by atoms with Gasteiger partial charge < -0.3 is 21.3 Å². The van der Waals surface area contributed by atoms with Gasteiger partial charge in [0, 0.05) is 16.5 Å². The predicted molar refractivity (Wildman–Crippen MR) is 132 cm³/mol. The van der Waals surface area contributed by atoms with Crippen LogP contribution in [0.1, 0.15) is 66.2 Å². The second kappa shape index (κ2) is 10.3. The molecule has 1 saturated carbocycles. The minimum absolute atomic E-state index is 0.138. The summed E-state index contributed by atoms with van der Waals surface area (Å²) in [6, 6.07) is 10.1. The van der Waals surface area contributed by atoms with Crippen LogP contribution in [0.5, 0.6) is 0 Å². The lowest BCUT2D eigenvalue weighted by atomic mass is 9.79. The minimum Gasteiger partial charge on any atom is -0.394 e. The molecule has 35 heavy (non-hydrogen) atoms. The molecule has 1 amide bonds. The number of benzene rings is 2. The molecule has 1 aliphatic rings. The predicted octanol–water partition coefficient (Wildman–Crippen LogP) is 4.39. The summed E-state index contributed by atoms with van der Waals surface area (Å²) in [4.78, 5) is 21.7. The van der Waals surface area contributed by atoms with Crippen LogP contribution < -0.4 is 11.1 Å². The molecule has 0 bridgehead atoms. The van der Waals surface area contributed by atoms with Crippen molar-refractivity contribution >= 4 is 23.3 Å². The number of halogens is 2. The average molecular weight is 499 g/mol. The third-order valence-corrected chi connectivity index (χ3v) is 6.76. The monoisotopic (exact) mass is 498 g/mol. The smallest absolute Gasteiger partial charge is 0.254 e. The van der Waals surface area contributed by atoms with Gasteiger partial charge in [0.1, 0.15) is 17.3 Å². The molecule has 3 aromatic rings. The van der Waals surface area contributed by atoms with E-state index in [0.29, 0.717) is 34.7 Å². The van der Waals surface area contributed by atoms with E-state index in [9.17, 15) is 15.0 Å². The van der Waals surface area contributed by atoms with Crippen molar-refractivity contribution in [2.24, 2.45) is 0 Å². The molecule has 9 heteroatoms. The molecule has 1 fully saturated rings. The lowest BCUT2D eigenvalue weighted by Gasteiger charge is -2.32. The van der Waals surface area contributed by atoms with E-state index < -0.39 is 23.4 Å². The first-order valence-electron chi connectivity index (χ1n) is 11.5. The number of aliphatic hydroxyl groups excluding tert-OH is 1. The SMILES string of the molecule is CC1(O)CCC(c2cnc(N)c(-c3ccc(C(=O)NC(CO)c4cccc(Cl)c4)c(F)c3)n2)CC1. The number of nitrogen functional groups attached to an aromatic ring is 1. The van der Waals surface area contributed by atoms with Gasteiger partial charge >= 0.3 is 0 Å². The van der Waals surface area contributed by atoms with Crippen LogP contribution in [0.15, 0.2) is 48.7 Å². The fraction of sp³-hybridized carbons (Fsp3) is 0.346. The van der Waals surface area contributed by atoms with Crippen LogP contribution in [0.25, 0.3) is 11.3 Å². The summed E-state index contributed by atoms with van der Waals surface area (Å²) in [5.41, 5.74) is 7.31. The fourth-order valence-corrected chi connectivity index (χ4v) is 4.60. The normalized spacial score (nSPS) is 20.9. The van der Waals surface area contributed by atoms with Gasteiger partial charge in [0.05, 0.1) is 35.7 Å². The Hall–Kier alpha value is -3.07. The molecule has 1 aromatic heterocycles. The van der Waals surface area contributed by atoms with E-state index in [-0.39, 0.29) is 23.9 Å². The zero-order valence-corrected chi connectivity index (χ0v) is 20.1. The van der Waals surface area contributed by atoms with Crippen molar-refractivity contribution in [2.45, 2.75) is 50.2 Å². The van der Waals surface area contributed by atoms with Crippen molar-refractivity contribution in [3.63, 3.8) is 0 Å². The van der Waals surface area contributed by atoms with E-state index in [2.05, 4.69) is 15.3 Å². The van der Waals surface area contributed by atoms with Gasteiger partial charge in [-0.05, 0) is 62.4 Å². The summed E-state index contributed by atoms with van der Waals surface area (Å²) in [6.45, 7) is 1.46. The second-order valence-corrected chi connectivity index (χ2v) is 9.69. The molecule has 2 aromatic carbocycles. The van der Waals surface area contributed by atoms with Crippen LogP contribution in [0, 0.1) is 5.82 Å². The highest BCUT2D eigenvalue weighted by molar-refractivity contribution is 6.30. The molecule has 1 heterocycles. The van der Waals surface area contributed by atoms with Gasteiger partial charge in [0.15, 0.2) is 0 Å². The van der Waals surface area contributed by atoms with Gasteiger partial charge in [0.25, 0.3) is 5.91 Å². The van der Waals surface area contributed by atoms with E-state index in [1.165, 1.54) is 12.1 Å². The number of anilines is 1. The Bertz CT molecular complexity index is 1230. The van der Waals surface area contributed by atoms with E-state index in [4.69, 9.17) is 17.3 Å². The van der Waals surface area contributed by atoms with E-state index in [1.54, 1.807) is 36.5 Å². The van der Waals surface area contributed by atoms with Crippen LogP contribution >= 0.6 is 11.6 Å². The number of hydrogen-bond acceptors (Lipinski definition) is 6. The molecule has 0 radical (unpaired) electrons. The molecule has 7 nitrogen and oxygen atoms in total. The Morgan fingerprint density at radius 1 is 1.29 bits per heavy atom. The molecular formula is C26H28ClFN4O3. The first-order valence-corrected chi connectivity index (χ1v) is 11.9. The maximum atomic E-state index is 15.0. The van der Waals surface area contributed by atoms with Crippen molar-refractivity contribution in [2.75, 3.05) is 12.3 Å². The highest BCUT2D eigenvalue weighted by Gasteiger charge is 2.30. The molecule has 0 aliphatic heterocycles. The number of nitrogens with zero attached hydrogens (tertiary/aromatic N) is 2. The van der Waals surface area contributed by atoms with Gasteiger partial charge in [-0.3, -0.25) is 4.79 Å². The first kappa shape index (κ1) is 25.0. The zero-order chi connectivity index (χ0) is 25.2. The number of rotatable bonds is 6. The third-order valence-electron chi connectivity index (χ3n) is 6.53. The Morgan fingerprint density at radius 3 is 2.69 bits per heavy atom. The van der Waals surface area contributed by atoms with E-state index in [0.717, 1.165) is 18.5 Å². The lowest BCUT2D eigenvalue weighted by molar-refractivity contribution is 0.0168. The first-order chi connectivity index (χ1) is 16.7. The highest BCUT2D eigenvalue weighted by atomic mass is 35.5. The largest absolute Gasteiger partial charge is 0.394 e. The molecule has 1 unspecified atom stereocenters. The Kier molecular flexibility index (Phi) is 7.35. The summed E-state index contributed by atoms with van der Waals surface area (Å²) >= 11 is 6.00. The van der Waals surface area contributed by atoms with Crippen LogP contribution in [-0.4, -0.2) is 38.3 Å². The van der Waals surface area contributed by atoms with Crippen molar-refractivity contribution in [1.29, 1.82) is 0 Å².